The molecule has 0 saturated heterocycles. The normalized spacial score (nSPS) is 21.7. The maximum atomic E-state index is 12.9. The minimum Gasteiger partial charge on any atom is -0.444 e. The third kappa shape index (κ3) is 17.4. The number of alkyl carbamates (subject to hydrolysis) is 2. The van der Waals surface area contributed by atoms with E-state index in [1.807, 2.05) is 41.5 Å². The van der Waals surface area contributed by atoms with Gasteiger partial charge in [-0.15, -0.1) is 0 Å². The lowest BCUT2D eigenvalue weighted by atomic mass is 9.75. The van der Waals surface area contributed by atoms with Crippen LogP contribution < -0.4 is 21.3 Å². The van der Waals surface area contributed by atoms with Crippen LogP contribution in [0.25, 0.3) is 0 Å². The Bertz CT molecular complexity index is 1760. The number of nitro benzene ring substituents is 2. The standard InChI is InChI=1S/2C22H33N3O6.H2O/c2*1-13(14-8-10-15(11-9-14)25(28)29)23-19(26)16-12-17(30-21(2,3)4)18(16)24-20(27)31-22(5,6)7;/h2*8-11,13,16-18H,12H2,1-7H3,(H,23,26)(H,24,27);1H2/t2*13-,16+,17-,18+;/m11./s1. The molecule has 2 aromatic rings. The van der Waals surface area contributed by atoms with E-state index >= 15 is 0 Å². The molecule has 6 N–H and O–H groups in total. The Kier molecular flexibility index (Phi) is 18.2. The Balaban J connectivity index is 0.000000427. The van der Waals surface area contributed by atoms with Gasteiger partial charge in [-0.2, -0.15) is 0 Å². The highest BCUT2D eigenvalue weighted by atomic mass is 16.6. The summed E-state index contributed by atoms with van der Waals surface area (Å²) in [5.74, 6) is -1.39. The van der Waals surface area contributed by atoms with Crippen molar-refractivity contribution >= 4 is 35.4 Å². The van der Waals surface area contributed by atoms with Gasteiger partial charge in [-0.05, 0) is 121 Å². The molecule has 0 aromatic heterocycles. The van der Waals surface area contributed by atoms with Gasteiger partial charge in [0, 0.05) is 24.3 Å². The topological polar surface area (TPSA) is 271 Å². The molecule has 2 aromatic carbocycles. The number of nitrogens with zero attached hydrogens (tertiary/aromatic N) is 2. The van der Waals surface area contributed by atoms with Gasteiger partial charge in [0.05, 0.1) is 69.3 Å². The van der Waals surface area contributed by atoms with Gasteiger partial charge in [0.25, 0.3) is 11.4 Å². The van der Waals surface area contributed by atoms with E-state index in [9.17, 15) is 39.4 Å². The van der Waals surface area contributed by atoms with Crippen molar-refractivity contribution in [2.75, 3.05) is 0 Å². The fraction of sp³-hybridized carbons (Fsp3) is 0.636. The van der Waals surface area contributed by atoms with E-state index in [4.69, 9.17) is 18.9 Å². The number of hydrogen-bond acceptors (Lipinski definition) is 12. The first kappa shape index (κ1) is 53.7. The lowest BCUT2D eigenvalue weighted by Gasteiger charge is -2.46. The second-order valence-corrected chi connectivity index (χ2v) is 19.7. The third-order valence-electron chi connectivity index (χ3n) is 9.62. The first-order valence-corrected chi connectivity index (χ1v) is 20.8. The average Bonchev–Trinajstić information content (AvgIpc) is 3.10. The van der Waals surface area contributed by atoms with Crippen LogP contribution in [0.4, 0.5) is 21.0 Å². The molecule has 4 rings (SSSR count). The number of rotatable bonds is 12. The van der Waals surface area contributed by atoms with Gasteiger partial charge in [0.1, 0.15) is 11.2 Å². The van der Waals surface area contributed by atoms with Crippen LogP contribution in [0.3, 0.4) is 0 Å². The summed E-state index contributed by atoms with van der Waals surface area (Å²) in [5.41, 5.74) is -0.685. The smallest absolute Gasteiger partial charge is 0.407 e. The summed E-state index contributed by atoms with van der Waals surface area (Å²) in [6.07, 6.45) is -0.870. The number of nitro groups is 2. The highest BCUT2D eigenvalue weighted by Crippen LogP contribution is 2.36. The van der Waals surface area contributed by atoms with E-state index in [1.54, 1.807) is 79.7 Å². The van der Waals surface area contributed by atoms with Crippen molar-refractivity contribution in [3.8, 4) is 0 Å². The number of nitrogens with one attached hydrogen (secondary N) is 4. The number of carbonyl (C=O) groups excluding carboxylic acids is 4. The number of benzene rings is 2. The van der Waals surface area contributed by atoms with Crippen molar-refractivity contribution in [3.63, 3.8) is 0 Å². The van der Waals surface area contributed by atoms with Crippen molar-refractivity contribution in [2.24, 2.45) is 11.8 Å². The van der Waals surface area contributed by atoms with Gasteiger partial charge in [0.15, 0.2) is 0 Å². The summed E-state index contributed by atoms with van der Waals surface area (Å²) >= 11 is 0. The minimum absolute atomic E-state index is 0. The summed E-state index contributed by atoms with van der Waals surface area (Å²) in [5, 5.41) is 33.1. The lowest BCUT2D eigenvalue weighted by Crippen LogP contribution is -2.63. The maximum Gasteiger partial charge on any atom is 0.407 e. The largest absolute Gasteiger partial charge is 0.444 e. The van der Waals surface area contributed by atoms with E-state index in [2.05, 4.69) is 21.3 Å². The van der Waals surface area contributed by atoms with Crippen LogP contribution in [0.15, 0.2) is 48.5 Å². The van der Waals surface area contributed by atoms with Crippen LogP contribution in [-0.4, -0.2) is 86.0 Å². The molecule has 0 aliphatic heterocycles. The molecule has 0 heterocycles. The molecular formula is C44H68N6O13. The number of hydrogen-bond donors (Lipinski definition) is 4. The predicted molar refractivity (Wildman–Crippen MR) is 235 cm³/mol. The van der Waals surface area contributed by atoms with E-state index in [1.165, 1.54) is 24.3 Å². The van der Waals surface area contributed by atoms with Gasteiger partial charge in [-0.1, -0.05) is 24.3 Å². The van der Waals surface area contributed by atoms with E-state index in [-0.39, 0.29) is 53.0 Å². The van der Waals surface area contributed by atoms with Gasteiger partial charge in [0.2, 0.25) is 11.8 Å². The summed E-state index contributed by atoms with van der Waals surface area (Å²) in [6.45, 7) is 25.7. The molecule has 63 heavy (non-hydrogen) atoms. The lowest BCUT2D eigenvalue weighted by molar-refractivity contribution is -0.385. The predicted octanol–water partition coefficient (Wildman–Crippen LogP) is 6.91. The maximum absolute atomic E-state index is 12.9. The third-order valence-corrected chi connectivity index (χ3v) is 9.62. The Morgan fingerprint density at radius 1 is 0.556 bits per heavy atom. The van der Waals surface area contributed by atoms with E-state index in [0.717, 1.165) is 11.1 Å². The van der Waals surface area contributed by atoms with Crippen LogP contribution in [0.5, 0.6) is 0 Å². The zero-order chi connectivity index (χ0) is 47.1. The van der Waals surface area contributed by atoms with E-state index in [0.29, 0.717) is 12.8 Å². The Labute approximate surface area is 369 Å². The summed E-state index contributed by atoms with van der Waals surface area (Å²) in [7, 11) is 0. The second-order valence-electron chi connectivity index (χ2n) is 19.7. The van der Waals surface area contributed by atoms with Crippen molar-refractivity contribution in [3.05, 3.63) is 79.9 Å². The highest BCUT2D eigenvalue weighted by molar-refractivity contribution is 5.83. The van der Waals surface area contributed by atoms with Crippen LogP contribution in [-0.2, 0) is 28.5 Å². The van der Waals surface area contributed by atoms with Crippen LogP contribution in [0.1, 0.15) is 133 Å². The average molecular weight is 889 g/mol. The van der Waals surface area contributed by atoms with Crippen molar-refractivity contribution < 1.29 is 53.4 Å². The second kappa shape index (κ2) is 21.3. The highest BCUT2D eigenvalue weighted by Gasteiger charge is 2.50. The van der Waals surface area contributed by atoms with Gasteiger partial charge in [-0.3, -0.25) is 29.8 Å². The minimum atomic E-state index is -0.656. The molecule has 8 atom stereocenters. The number of ether oxygens (including phenoxy) is 4. The molecule has 0 radical (unpaired) electrons. The first-order chi connectivity index (χ1) is 28.3. The van der Waals surface area contributed by atoms with Crippen LogP contribution in [0.2, 0.25) is 0 Å². The molecule has 352 valence electrons. The molecule has 19 heteroatoms. The molecule has 0 spiro atoms. The Morgan fingerprint density at radius 2 is 0.841 bits per heavy atom. The number of amides is 4. The molecule has 2 saturated carbocycles. The zero-order valence-corrected chi connectivity index (χ0v) is 38.9. The van der Waals surface area contributed by atoms with E-state index < -0.39 is 68.4 Å². The number of non-ortho nitro benzene ring substituents is 2. The quantitative estimate of drug-likeness (QED) is 0.125. The monoisotopic (exact) mass is 888 g/mol. The van der Waals surface area contributed by atoms with Crippen molar-refractivity contribution in [1.82, 2.24) is 21.3 Å². The van der Waals surface area contributed by atoms with Gasteiger partial charge in [-0.25, -0.2) is 9.59 Å². The Hall–Kier alpha value is -5.40. The summed E-state index contributed by atoms with van der Waals surface area (Å²) < 4.78 is 22.7. The summed E-state index contributed by atoms with van der Waals surface area (Å²) in [4.78, 5) is 71.1. The SMILES string of the molecule is C[C@@H](NC(=O)[C@H]1C[C@@H](OC(C)(C)C)[C@H]1NC(=O)OC(C)(C)C)c1ccc([N+](=O)[O-])cc1.C[C@@H](NC(=O)[C@H]1C[C@@H](OC(C)(C)C)[C@H]1NC(=O)OC(C)(C)C)c1ccc([N+](=O)[O-])cc1.O. The molecule has 2 fully saturated rings. The molecule has 2 aliphatic rings. The molecule has 0 bridgehead atoms. The number of carbonyl (C=O) groups is 4. The van der Waals surface area contributed by atoms with Gasteiger partial charge >= 0.3 is 12.2 Å². The van der Waals surface area contributed by atoms with Crippen molar-refractivity contribution in [1.29, 1.82) is 0 Å². The molecule has 4 amide bonds. The van der Waals surface area contributed by atoms with Crippen LogP contribution >= 0.6 is 0 Å². The fourth-order valence-electron chi connectivity index (χ4n) is 6.76. The molecule has 0 unspecified atom stereocenters. The molecule has 19 nitrogen and oxygen atoms in total. The zero-order valence-electron chi connectivity index (χ0n) is 38.9. The first-order valence-electron chi connectivity index (χ1n) is 20.8. The van der Waals surface area contributed by atoms with Gasteiger partial charge < -0.3 is 45.7 Å². The summed E-state index contributed by atoms with van der Waals surface area (Å²) in [6, 6.07) is 10.4. The Morgan fingerprint density at radius 3 is 1.08 bits per heavy atom. The molecular weight excluding hydrogens is 821 g/mol. The fourth-order valence-corrected chi connectivity index (χ4v) is 6.76. The molecule has 2 aliphatic carbocycles. The van der Waals surface area contributed by atoms with Crippen molar-refractivity contribution in [2.45, 2.75) is 169 Å². The van der Waals surface area contributed by atoms with Crippen LogP contribution in [0, 0.1) is 32.1 Å².